The number of rotatable bonds is 6. The van der Waals surface area contributed by atoms with E-state index in [4.69, 9.17) is 0 Å². The van der Waals surface area contributed by atoms with E-state index < -0.39 is 17.8 Å². The summed E-state index contributed by atoms with van der Waals surface area (Å²) in [4.78, 5) is 26.1. The number of hydrogen-bond acceptors (Lipinski definition) is 4. The first-order valence-electron chi connectivity index (χ1n) is 8.40. The van der Waals surface area contributed by atoms with Gasteiger partial charge in [-0.3, -0.25) is 4.79 Å². The molecule has 0 bridgehead atoms. The number of para-hydroxylation sites is 1. The van der Waals surface area contributed by atoms with E-state index in [9.17, 15) is 23.5 Å². The second-order valence-corrected chi connectivity index (χ2v) is 7.13. The van der Waals surface area contributed by atoms with Gasteiger partial charge in [-0.25, -0.2) is 4.79 Å². The molecule has 0 radical (unpaired) electrons. The summed E-state index contributed by atoms with van der Waals surface area (Å²) in [5.74, 6) is -3.82. The van der Waals surface area contributed by atoms with Crippen LogP contribution in [0.2, 0.25) is 0 Å². The van der Waals surface area contributed by atoms with Crippen LogP contribution < -0.4 is 5.32 Å². The maximum absolute atomic E-state index is 12.9. The fraction of sp³-hybridized carbons (Fsp3) is 0.263. The number of alkyl halides is 2. The van der Waals surface area contributed by atoms with E-state index in [1.165, 1.54) is 4.90 Å². The third-order valence-corrected chi connectivity index (χ3v) is 5.04. The van der Waals surface area contributed by atoms with Gasteiger partial charge in [0, 0.05) is 17.1 Å². The third kappa shape index (κ3) is 4.57. The van der Waals surface area contributed by atoms with Gasteiger partial charge in [0.05, 0.1) is 11.3 Å². The summed E-state index contributed by atoms with van der Waals surface area (Å²) in [6, 6.07) is 12.5. The number of likely N-dealkylation sites (tertiary alicyclic amines) is 1. The molecule has 3 rings (SSSR count). The van der Waals surface area contributed by atoms with Crippen LogP contribution in [0, 0.1) is 0 Å². The van der Waals surface area contributed by atoms with Crippen LogP contribution in [0.25, 0.3) is 0 Å². The Labute approximate surface area is 159 Å². The average Bonchev–Trinajstić information content (AvgIpc) is 3.13. The summed E-state index contributed by atoms with van der Waals surface area (Å²) in [5.41, 5.74) is 1.55. The lowest BCUT2D eigenvalue weighted by atomic mass is 10.1. The molecule has 1 saturated heterocycles. The van der Waals surface area contributed by atoms with Crippen molar-refractivity contribution in [1.29, 1.82) is 0 Å². The van der Waals surface area contributed by atoms with E-state index in [0.29, 0.717) is 53.0 Å². The van der Waals surface area contributed by atoms with E-state index in [1.807, 2.05) is 0 Å². The lowest BCUT2D eigenvalue weighted by molar-refractivity contribution is -0.141. The van der Waals surface area contributed by atoms with Crippen LogP contribution in [-0.2, 0) is 4.79 Å². The van der Waals surface area contributed by atoms with Gasteiger partial charge in [0.25, 0.3) is 11.7 Å². The van der Waals surface area contributed by atoms with Gasteiger partial charge in [-0.2, -0.15) is 8.78 Å². The van der Waals surface area contributed by atoms with Crippen molar-refractivity contribution < 1.29 is 23.5 Å². The fourth-order valence-electron chi connectivity index (χ4n) is 3.08. The molecule has 8 heteroatoms. The Hall–Kier alpha value is -2.61. The summed E-state index contributed by atoms with van der Waals surface area (Å²) >= 11 is 0.464. The van der Waals surface area contributed by atoms with Crippen molar-refractivity contribution in [1.82, 2.24) is 4.90 Å². The average molecular weight is 392 g/mol. The van der Waals surface area contributed by atoms with Crippen molar-refractivity contribution in [2.24, 2.45) is 0 Å². The predicted molar refractivity (Wildman–Crippen MR) is 99.7 cm³/mol. The first-order valence-corrected chi connectivity index (χ1v) is 9.28. The number of amides is 1. The molecule has 1 atom stereocenters. The number of nitrogens with one attached hydrogen (secondary N) is 1. The van der Waals surface area contributed by atoms with Gasteiger partial charge in [-0.15, -0.1) is 0 Å². The van der Waals surface area contributed by atoms with Gasteiger partial charge < -0.3 is 15.3 Å². The number of thioether (sulfide) groups is 1. The number of aliphatic carboxylic acids is 1. The summed E-state index contributed by atoms with van der Waals surface area (Å²) in [6.45, 7) is 0.406. The predicted octanol–water partition coefficient (Wildman–Crippen LogP) is 4.43. The summed E-state index contributed by atoms with van der Waals surface area (Å²) in [5, 5.41) is 12.4. The molecular formula is C19H18F2N2O3S. The number of hydrogen-bond donors (Lipinski definition) is 2. The van der Waals surface area contributed by atoms with E-state index in [2.05, 4.69) is 5.32 Å². The number of benzene rings is 2. The number of halogens is 2. The highest BCUT2D eigenvalue weighted by molar-refractivity contribution is 7.99. The quantitative estimate of drug-likeness (QED) is 0.712. The van der Waals surface area contributed by atoms with Crippen LogP contribution in [0.4, 0.5) is 20.2 Å². The highest BCUT2D eigenvalue weighted by atomic mass is 32.2. The first kappa shape index (κ1) is 19.2. The highest BCUT2D eigenvalue weighted by Gasteiger charge is 2.35. The van der Waals surface area contributed by atoms with Gasteiger partial charge in [-0.1, -0.05) is 23.9 Å². The lowest BCUT2D eigenvalue weighted by Crippen LogP contribution is -2.40. The van der Waals surface area contributed by atoms with Crippen molar-refractivity contribution in [3.8, 4) is 0 Å². The monoisotopic (exact) mass is 392 g/mol. The molecule has 0 saturated carbocycles. The largest absolute Gasteiger partial charge is 0.480 e. The molecule has 2 aromatic carbocycles. The maximum atomic E-state index is 12.9. The second-order valence-electron chi connectivity index (χ2n) is 6.07. The minimum absolute atomic E-state index is 0.340. The standard InChI is InChI=1S/C19H18F2N2O3S/c20-19(21)27-13-9-7-12(8-10-13)22-15-5-2-1-4-14(15)17(24)23-11-3-6-16(23)18(25)26/h1-2,4-5,7-10,16,19,22H,3,6,11H2,(H,25,26)/t16-/m1/s1. The summed E-state index contributed by atoms with van der Waals surface area (Å²) in [7, 11) is 0. The normalized spacial score (nSPS) is 16.6. The smallest absolute Gasteiger partial charge is 0.326 e. The van der Waals surface area contributed by atoms with Crippen molar-refractivity contribution in [3.05, 3.63) is 54.1 Å². The molecule has 1 fully saturated rings. The van der Waals surface area contributed by atoms with Crippen molar-refractivity contribution in [2.75, 3.05) is 11.9 Å². The van der Waals surface area contributed by atoms with E-state index in [0.717, 1.165) is 0 Å². The molecule has 142 valence electrons. The van der Waals surface area contributed by atoms with E-state index >= 15 is 0 Å². The van der Waals surface area contributed by atoms with Crippen LogP contribution >= 0.6 is 11.8 Å². The molecule has 0 unspecified atom stereocenters. The SMILES string of the molecule is O=C(O)[C@H]1CCCN1C(=O)c1ccccc1Nc1ccc(SC(F)F)cc1. The molecule has 2 N–H and O–H groups in total. The van der Waals surface area contributed by atoms with Crippen LogP contribution in [0.5, 0.6) is 0 Å². The number of carbonyl (C=O) groups is 2. The molecule has 1 aliphatic heterocycles. The zero-order valence-corrected chi connectivity index (χ0v) is 15.1. The Morgan fingerprint density at radius 1 is 1.15 bits per heavy atom. The van der Waals surface area contributed by atoms with E-state index in [1.54, 1.807) is 48.5 Å². The van der Waals surface area contributed by atoms with Crippen molar-refractivity contribution in [2.45, 2.75) is 29.5 Å². The number of nitrogens with zero attached hydrogens (tertiary/aromatic N) is 1. The number of carbonyl (C=O) groups excluding carboxylic acids is 1. The van der Waals surface area contributed by atoms with Gasteiger partial charge in [0.1, 0.15) is 6.04 Å². The molecule has 0 aliphatic carbocycles. The minimum Gasteiger partial charge on any atom is -0.480 e. The van der Waals surface area contributed by atoms with Crippen LogP contribution in [-0.4, -0.2) is 40.2 Å². The number of carboxylic acids is 1. The van der Waals surface area contributed by atoms with Gasteiger partial charge >= 0.3 is 5.97 Å². The highest BCUT2D eigenvalue weighted by Crippen LogP contribution is 2.29. The number of carboxylic acid groups (broad SMARTS) is 1. The topological polar surface area (TPSA) is 69.6 Å². The zero-order valence-electron chi connectivity index (χ0n) is 14.3. The molecule has 5 nitrogen and oxygen atoms in total. The maximum Gasteiger partial charge on any atom is 0.326 e. The fourth-order valence-corrected chi connectivity index (χ4v) is 3.57. The summed E-state index contributed by atoms with van der Waals surface area (Å²) in [6.07, 6.45) is 1.10. The zero-order chi connectivity index (χ0) is 19.4. The van der Waals surface area contributed by atoms with Gasteiger partial charge in [0.15, 0.2) is 0 Å². The summed E-state index contributed by atoms with van der Waals surface area (Å²) < 4.78 is 24.8. The Morgan fingerprint density at radius 2 is 1.85 bits per heavy atom. The Bertz CT molecular complexity index is 830. The van der Waals surface area contributed by atoms with Crippen molar-refractivity contribution in [3.63, 3.8) is 0 Å². The third-order valence-electron chi connectivity index (χ3n) is 4.31. The van der Waals surface area contributed by atoms with Crippen LogP contribution in [0.15, 0.2) is 53.4 Å². The van der Waals surface area contributed by atoms with Crippen molar-refractivity contribution >= 4 is 35.0 Å². The Kier molecular flexibility index (Phi) is 5.95. The molecule has 1 aliphatic rings. The Balaban J connectivity index is 1.80. The minimum atomic E-state index is -2.48. The van der Waals surface area contributed by atoms with Crippen LogP contribution in [0.1, 0.15) is 23.2 Å². The molecule has 1 heterocycles. The molecule has 27 heavy (non-hydrogen) atoms. The molecule has 0 aromatic heterocycles. The molecule has 0 spiro atoms. The first-order chi connectivity index (χ1) is 13.0. The molecule has 1 amide bonds. The Morgan fingerprint density at radius 3 is 2.52 bits per heavy atom. The van der Waals surface area contributed by atoms with Gasteiger partial charge in [0.2, 0.25) is 0 Å². The van der Waals surface area contributed by atoms with E-state index in [-0.39, 0.29) is 5.91 Å². The second kappa shape index (κ2) is 8.39. The number of anilines is 2. The molecule has 2 aromatic rings. The lowest BCUT2D eigenvalue weighted by Gasteiger charge is -2.23. The van der Waals surface area contributed by atoms with Crippen LogP contribution in [0.3, 0.4) is 0 Å². The molecular weight excluding hydrogens is 374 g/mol. The van der Waals surface area contributed by atoms with Gasteiger partial charge in [-0.05, 0) is 49.2 Å².